The molecule has 13 heavy (non-hydrogen) atoms. The van der Waals surface area contributed by atoms with Crippen LogP contribution in [0, 0.1) is 17.3 Å². The Bertz CT molecular complexity index is 190. The van der Waals surface area contributed by atoms with E-state index in [4.69, 9.17) is 0 Å². The number of rotatable bonds is 2. The maximum absolute atomic E-state index is 3.95. The number of hydrogen-bond donors (Lipinski definition) is 0. The summed E-state index contributed by atoms with van der Waals surface area (Å²) in [5, 5.41) is 0. The van der Waals surface area contributed by atoms with E-state index >= 15 is 0 Å². The molecule has 2 aliphatic carbocycles. The van der Waals surface area contributed by atoms with Crippen molar-refractivity contribution in [1.82, 2.24) is 0 Å². The van der Waals surface area contributed by atoms with E-state index < -0.39 is 0 Å². The van der Waals surface area contributed by atoms with Crippen LogP contribution in [-0.2, 0) is 0 Å². The highest BCUT2D eigenvalue weighted by molar-refractivity contribution is 4.95. The van der Waals surface area contributed by atoms with Crippen LogP contribution in [0.3, 0.4) is 0 Å². The summed E-state index contributed by atoms with van der Waals surface area (Å²) in [5.41, 5.74) is 0.676. The minimum atomic E-state index is 0.676. The van der Waals surface area contributed by atoms with Crippen LogP contribution in [-0.4, -0.2) is 0 Å². The van der Waals surface area contributed by atoms with Crippen molar-refractivity contribution in [3.63, 3.8) is 0 Å². The maximum atomic E-state index is 3.95. The van der Waals surface area contributed by atoms with Crippen molar-refractivity contribution in [3.8, 4) is 0 Å². The van der Waals surface area contributed by atoms with Gasteiger partial charge in [0.05, 0.1) is 0 Å². The van der Waals surface area contributed by atoms with Crippen molar-refractivity contribution in [2.24, 2.45) is 17.3 Å². The molecule has 2 unspecified atom stereocenters. The Morgan fingerprint density at radius 1 is 1.23 bits per heavy atom. The van der Waals surface area contributed by atoms with Crippen molar-refractivity contribution < 1.29 is 0 Å². The maximum Gasteiger partial charge on any atom is -0.0231 e. The van der Waals surface area contributed by atoms with E-state index in [9.17, 15) is 0 Å². The first-order valence-electron chi connectivity index (χ1n) is 5.87. The molecule has 0 aromatic rings. The summed E-state index contributed by atoms with van der Waals surface area (Å²) in [5.74, 6) is 1.87. The van der Waals surface area contributed by atoms with E-state index in [0.717, 1.165) is 11.8 Å². The van der Waals surface area contributed by atoms with E-state index in [-0.39, 0.29) is 0 Å². The zero-order valence-corrected chi connectivity index (χ0v) is 8.89. The fourth-order valence-electron chi connectivity index (χ4n) is 3.25. The third-order valence-electron chi connectivity index (χ3n) is 4.48. The van der Waals surface area contributed by atoms with Crippen LogP contribution in [0.15, 0.2) is 12.7 Å². The molecule has 2 fully saturated rings. The lowest BCUT2D eigenvalue weighted by Gasteiger charge is -2.47. The smallest absolute Gasteiger partial charge is 0.0231 e. The predicted molar refractivity (Wildman–Crippen MR) is 57.6 cm³/mol. The summed E-state index contributed by atoms with van der Waals surface area (Å²) >= 11 is 0. The van der Waals surface area contributed by atoms with Crippen LogP contribution in [0.4, 0.5) is 0 Å². The third-order valence-corrected chi connectivity index (χ3v) is 4.48. The SMILES string of the molecule is C=CC1CCCC(C)(C2CCC2)C1. The fraction of sp³-hybridized carbons (Fsp3) is 0.846. The molecule has 2 atom stereocenters. The molecule has 0 nitrogen and oxygen atoms in total. The van der Waals surface area contributed by atoms with E-state index in [1.54, 1.807) is 0 Å². The first kappa shape index (κ1) is 9.30. The molecule has 2 saturated carbocycles. The molecule has 0 aromatic heterocycles. The minimum Gasteiger partial charge on any atom is -0.103 e. The van der Waals surface area contributed by atoms with Gasteiger partial charge in [-0.05, 0) is 49.4 Å². The van der Waals surface area contributed by atoms with Gasteiger partial charge in [0, 0.05) is 0 Å². The van der Waals surface area contributed by atoms with Gasteiger partial charge < -0.3 is 0 Å². The van der Waals surface area contributed by atoms with Gasteiger partial charge in [-0.1, -0.05) is 25.8 Å². The van der Waals surface area contributed by atoms with Crippen molar-refractivity contribution in [1.29, 1.82) is 0 Å². The van der Waals surface area contributed by atoms with Gasteiger partial charge in [0.25, 0.3) is 0 Å². The molecule has 0 aliphatic heterocycles. The summed E-state index contributed by atoms with van der Waals surface area (Å²) < 4.78 is 0. The van der Waals surface area contributed by atoms with Crippen molar-refractivity contribution >= 4 is 0 Å². The van der Waals surface area contributed by atoms with Gasteiger partial charge >= 0.3 is 0 Å². The lowest BCUT2D eigenvalue weighted by molar-refractivity contribution is 0.0448. The summed E-state index contributed by atoms with van der Waals surface area (Å²) in [7, 11) is 0. The Morgan fingerprint density at radius 2 is 2.00 bits per heavy atom. The molecule has 0 heteroatoms. The predicted octanol–water partition coefficient (Wildman–Crippen LogP) is 4.17. The van der Waals surface area contributed by atoms with Crippen LogP contribution in [0.25, 0.3) is 0 Å². The Labute approximate surface area is 82.4 Å². The second-order valence-corrected chi connectivity index (χ2v) is 5.37. The van der Waals surface area contributed by atoms with E-state index in [1.807, 2.05) is 0 Å². The molecule has 0 heterocycles. The standard InChI is InChI=1S/C13H22/c1-3-11-6-5-9-13(2,10-11)12-7-4-8-12/h3,11-12H,1,4-10H2,2H3. The molecular weight excluding hydrogens is 156 g/mol. The van der Waals surface area contributed by atoms with E-state index in [2.05, 4.69) is 19.6 Å². The first-order chi connectivity index (χ1) is 6.24. The number of hydrogen-bond acceptors (Lipinski definition) is 0. The van der Waals surface area contributed by atoms with Gasteiger partial charge in [-0.15, -0.1) is 6.58 Å². The normalized spacial score (nSPS) is 41.2. The Hall–Kier alpha value is -0.260. The Morgan fingerprint density at radius 3 is 2.54 bits per heavy atom. The summed E-state index contributed by atoms with van der Waals surface area (Å²) in [4.78, 5) is 0. The molecule has 2 rings (SSSR count). The van der Waals surface area contributed by atoms with E-state index in [1.165, 1.54) is 44.9 Å². The lowest BCUT2D eigenvalue weighted by atomic mass is 9.58. The van der Waals surface area contributed by atoms with Crippen LogP contribution in [0.5, 0.6) is 0 Å². The summed E-state index contributed by atoms with van der Waals surface area (Å²) in [6, 6.07) is 0. The van der Waals surface area contributed by atoms with Gasteiger partial charge in [-0.25, -0.2) is 0 Å². The largest absolute Gasteiger partial charge is 0.103 e. The van der Waals surface area contributed by atoms with Crippen LogP contribution in [0.2, 0.25) is 0 Å². The fourth-order valence-corrected chi connectivity index (χ4v) is 3.25. The molecule has 0 amide bonds. The zero-order chi connectivity index (χ0) is 9.31. The molecule has 0 radical (unpaired) electrons. The highest BCUT2D eigenvalue weighted by Crippen LogP contribution is 2.51. The monoisotopic (exact) mass is 178 g/mol. The molecule has 74 valence electrons. The average Bonchev–Trinajstić information content (AvgIpc) is 2.00. The Kier molecular flexibility index (Phi) is 2.49. The van der Waals surface area contributed by atoms with E-state index in [0.29, 0.717) is 5.41 Å². The lowest BCUT2D eigenvalue weighted by Crippen LogP contribution is -2.36. The molecule has 0 aromatic carbocycles. The number of allylic oxidation sites excluding steroid dienone is 1. The van der Waals surface area contributed by atoms with Gasteiger partial charge in [0.15, 0.2) is 0 Å². The topological polar surface area (TPSA) is 0 Å². The van der Waals surface area contributed by atoms with Crippen LogP contribution in [0.1, 0.15) is 51.9 Å². The second kappa shape index (κ2) is 3.48. The summed E-state index contributed by atoms with van der Waals surface area (Å²) in [6.45, 7) is 6.47. The van der Waals surface area contributed by atoms with Gasteiger partial charge in [-0.3, -0.25) is 0 Å². The summed E-state index contributed by atoms with van der Waals surface area (Å²) in [6.07, 6.45) is 12.4. The van der Waals surface area contributed by atoms with Crippen molar-refractivity contribution in [3.05, 3.63) is 12.7 Å². The molecule has 0 saturated heterocycles. The molecule has 0 spiro atoms. The quantitative estimate of drug-likeness (QED) is 0.557. The van der Waals surface area contributed by atoms with Crippen molar-refractivity contribution in [2.45, 2.75) is 51.9 Å². The van der Waals surface area contributed by atoms with Crippen molar-refractivity contribution in [2.75, 3.05) is 0 Å². The van der Waals surface area contributed by atoms with Crippen LogP contribution >= 0.6 is 0 Å². The highest BCUT2D eigenvalue weighted by atomic mass is 14.5. The molecule has 2 aliphatic rings. The Balaban J connectivity index is 1.99. The van der Waals surface area contributed by atoms with Gasteiger partial charge in [0.1, 0.15) is 0 Å². The van der Waals surface area contributed by atoms with Crippen LogP contribution < -0.4 is 0 Å². The van der Waals surface area contributed by atoms with Gasteiger partial charge in [0.2, 0.25) is 0 Å². The third kappa shape index (κ3) is 1.68. The highest BCUT2D eigenvalue weighted by Gasteiger charge is 2.40. The zero-order valence-electron chi connectivity index (χ0n) is 8.89. The second-order valence-electron chi connectivity index (χ2n) is 5.37. The molecule has 0 N–H and O–H groups in total. The van der Waals surface area contributed by atoms with Gasteiger partial charge in [-0.2, -0.15) is 0 Å². The minimum absolute atomic E-state index is 0.676. The average molecular weight is 178 g/mol. The molecule has 0 bridgehead atoms. The first-order valence-corrected chi connectivity index (χ1v) is 5.87. The molecular formula is C13H22.